The van der Waals surface area contributed by atoms with E-state index in [1.807, 2.05) is 13.8 Å². The molecule has 7 aromatic rings. The monoisotopic (exact) mass is 596 g/mol. The first-order chi connectivity index (χ1) is 22.7. The lowest BCUT2D eigenvalue weighted by Crippen LogP contribution is -2.10. The van der Waals surface area contributed by atoms with Crippen molar-refractivity contribution in [2.45, 2.75) is 27.7 Å². The zero-order chi connectivity index (χ0) is 31.9. The third-order valence-corrected chi connectivity index (χ3v) is 8.29. The lowest BCUT2D eigenvalue weighted by molar-refractivity contribution is 1.20. The van der Waals surface area contributed by atoms with E-state index in [-0.39, 0.29) is 0 Å². The molecule has 2 nitrogen and oxygen atoms in total. The molecule has 0 spiro atoms. The van der Waals surface area contributed by atoms with Crippen LogP contribution in [-0.2, 0) is 0 Å². The standard InChI is InChI=1S/C42H34N2.C2H6/c1-3-13-31(4-2)32-21-25-36(26-22-32)44(41-20-12-17-33-16-8-9-19-39(33)41)37-27-23-35(24-28-37)42-40(34-14-6-5-7-15-34)30-38-18-10-11-29-43(38)42;1-2/h3-30H,1-2H3;1-2H3/b13-3-,31-4+;. The normalized spacial score (nSPS) is 11.5. The van der Waals surface area contributed by atoms with Gasteiger partial charge in [-0.1, -0.05) is 129 Å². The molecule has 0 bridgehead atoms. The van der Waals surface area contributed by atoms with Crippen molar-refractivity contribution in [1.82, 2.24) is 4.40 Å². The molecule has 226 valence electrons. The van der Waals surface area contributed by atoms with Crippen LogP contribution in [0.4, 0.5) is 17.1 Å². The number of hydrogen-bond acceptors (Lipinski definition) is 1. The van der Waals surface area contributed by atoms with Crippen LogP contribution >= 0.6 is 0 Å². The summed E-state index contributed by atoms with van der Waals surface area (Å²) in [5.74, 6) is 0. The molecule has 0 amide bonds. The lowest BCUT2D eigenvalue weighted by Gasteiger charge is -2.27. The second-order valence-corrected chi connectivity index (χ2v) is 10.9. The van der Waals surface area contributed by atoms with Crippen molar-refractivity contribution in [3.05, 3.63) is 176 Å². The quantitative estimate of drug-likeness (QED) is 0.166. The van der Waals surface area contributed by atoms with Crippen LogP contribution in [0.25, 0.3) is 44.2 Å². The summed E-state index contributed by atoms with van der Waals surface area (Å²) < 4.78 is 2.29. The number of pyridine rings is 1. The average molecular weight is 597 g/mol. The van der Waals surface area contributed by atoms with Crippen molar-refractivity contribution in [1.29, 1.82) is 0 Å². The zero-order valence-corrected chi connectivity index (χ0v) is 27.1. The topological polar surface area (TPSA) is 7.65 Å². The lowest BCUT2D eigenvalue weighted by atomic mass is 10.0. The van der Waals surface area contributed by atoms with Gasteiger partial charge in [0.05, 0.1) is 11.4 Å². The molecule has 0 N–H and O–H groups in total. The Bertz CT molecular complexity index is 2110. The average Bonchev–Trinajstić information content (AvgIpc) is 3.52. The Kier molecular flexibility index (Phi) is 9.27. The van der Waals surface area contributed by atoms with Crippen LogP contribution in [0, 0.1) is 0 Å². The minimum Gasteiger partial charge on any atom is -0.316 e. The molecule has 0 aliphatic heterocycles. The fraction of sp³-hybridized carbons (Fsp3) is 0.0909. The SMILES string of the molecule is C/C=C\C(=C/C)c1ccc(N(c2ccc(-c3c(-c4ccccc4)cc4ccccn34)cc2)c2cccc3ccccc23)cc1.CC. The Morgan fingerprint density at radius 1 is 0.609 bits per heavy atom. The molecule has 2 heteroatoms. The molecule has 46 heavy (non-hydrogen) atoms. The van der Waals surface area contributed by atoms with Crippen LogP contribution in [-0.4, -0.2) is 4.40 Å². The highest BCUT2D eigenvalue weighted by Crippen LogP contribution is 2.41. The first-order valence-corrected chi connectivity index (χ1v) is 16.2. The number of rotatable bonds is 7. The number of nitrogens with zero attached hydrogens (tertiary/aromatic N) is 2. The van der Waals surface area contributed by atoms with Gasteiger partial charge >= 0.3 is 0 Å². The maximum atomic E-state index is 2.37. The number of allylic oxidation sites excluding steroid dienone is 4. The maximum absolute atomic E-state index is 2.37. The highest BCUT2D eigenvalue weighted by molar-refractivity contribution is 5.99. The molecular weight excluding hydrogens is 556 g/mol. The highest BCUT2D eigenvalue weighted by atomic mass is 15.1. The van der Waals surface area contributed by atoms with E-state index >= 15 is 0 Å². The van der Waals surface area contributed by atoms with Crippen LogP contribution in [0.5, 0.6) is 0 Å². The maximum Gasteiger partial charge on any atom is 0.0607 e. The number of benzene rings is 5. The first kappa shape index (κ1) is 30.4. The summed E-state index contributed by atoms with van der Waals surface area (Å²) in [5.41, 5.74) is 11.8. The number of anilines is 3. The molecule has 0 radical (unpaired) electrons. The fourth-order valence-corrected chi connectivity index (χ4v) is 6.20. The second kappa shape index (κ2) is 14.0. The summed E-state index contributed by atoms with van der Waals surface area (Å²) in [7, 11) is 0. The predicted octanol–water partition coefficient (Wildman–Crippen LogP) is 12.9. The summed E-state index contributed by atoms with van der Waals surface area (Å²) >= 11 is 0. The molecule has 0 fully saturated rings. The molecule has 0 saturated carbocycles. The molecule has 0 unspecified atom stereocenters. The van der Waals surface area contributed by atoms with Gasteiger partial charge in [-0.15, -0.1) is 0 Å². The third-order valence-electron chi connectivity index (χ3n) is 8.29. The molecular formula is C44H40N2. The van der Waals surface area contributed by atoms with Crippen molar-refractivity contribution in [3.63, 3.8) is 0 Å². The summed E-state index contributed by atoms with van der Waals surface area (Å²) in [6.45, 7) is 8.15. The van der Waals surface area contributed by atoms with Crippen LogP contribution < -0.4 is 4.90 Å². The Balaban J connectivity index is 0.00000182. The highest BCUT2D eigenvalue weighted by Gasteiger charge is 2.18. The van der Waals surface area contributed by atoms with E-state index < -0.39 is 0 Å². The van der Waals surface area contributed by atoms with Crippen molar-refractivity contribution in [2.75, 3.05) is 4.90 Å². The minimum absolute atomic E-state index is 1.11. The van der Waals surface area contributed by atoms with Crippen LogP contribution in [0.15, 0.2) is 170 Å². The molecule has 5 aromatic carbocycles. The molecule has 2 aromatic heterocycles. The molecule has 0 atom stereocenters. The van der Waals surface area contributed by atoms with Gasteiger partial charge in [-0.05, 0) is 90.0 Å². The van der Waals surface area contributed by atoms with E-state index in [0.29, 0.717) is 0 Å². The number of aromatic nitrogens is 1. The Morgan fingerprint density at radius 2 is 1.26 bits per heavy atom. The second-order valence-electron chi connectivity index (χ2n) is 10.9. The minimum atomic E-state index is 1.11. The van der Waals surface area contributed by atoms with E-state index in [9.17, 15) is 0 Å². The van der Waals surface area contributed by atoms with Crippen molar-refractivity contribution in [2.24, 2.45) is 0 Å². The largest absolute Gasteiger partial charge is 0.316 e. The number of hydrogen-bond donors (Lipinski definition) is 0. The van der Waals surface area contributed by atoms with Gasteiger partial charge in [-0.2, -0.15) is 0 Å². The Labute approximate surface area is 273 Å². The summed E-state index contributed by atoms with van der Waals surface area (Å²) in [4.78, 5) is 2.37. The van der Waals surface area contributed by atoms with E-state index in [4.69, 9.17) is 0 Å². The van der Waals surface area contributed by atoms with Gasteiger partial charge in [0, 0.05) is 34.0 Å². The molecule has 0 aliphatic carbocycles. The van der Waals surface area contributed by atoms with E-state index in [2.05, 4.69) is 193 Å². The van der Waals surface area contributed by atoms with Gasteiger partial charge in [0.25, 0.3) is 0 Å². The van der Waals surface area contributed by atoms with Crippen LogP contribution in [0.1, 0.15) is 33.3 Å². The Morgan fingerprint density at radius 3 is 1.98 bits per heavy atom. The fourth-order valence-electron chi connectivity index (χ4n) is 6.20. The summed E-state index contributed by atoms with van der Waals surface area (Å²) in [5, 5.41) is 2.44. The van der Waals surface area contributed by atoms with Gasteiger partial charge in [-0.25, -0.2) is 0 Å². The first-order valence-electron chi connectivity index (χ1n) is 16.2. The summed E-state index contributed by atoms with van der Waals surface area (Å²) in [6.07, 6.45) is 8.56. The van der Waals surface area contributed by atoms with Crippen molar-refractivity contribution < 1.29 is 0 Å². The van der Waals surface area contributed by atoms with Crippen molar-refractivity contribution >= 4 is 38.9 Å². The molecule has 7 rings (SSSR count). The molecule has 0 aliphatic rings. The van der Waals surface area contributed by atoms with E-state index in [1.165, 1.54) is 49.8 Å². The molecule has 2 heterocycles. The van der Waals surface area contributed by atoms with E-state index in [1.54, 1.807) is 0 Å². The van der Waals surface area contributed by atoms with Gasteiger partial charge < -0.3 is 9.30 Å². The van der Waals surface area contributed by atoms with Gasteiger partial charge in [0.2, 0.25) is 0 Å². The van der Waals surface area contributed by atoms with Crippen molar-refractivity contribution in [3.8, 4) is 22.4 Å². The zero-order valence-electron chi connectivity index (χ0n) is 27.1. The van der Waals surface area contributed by atoms with Crippen LogP contribution in [0.2, 0.25) is 0 Å². The van der Waals surface area contributed by atoms with Gasteiger partial charge in [-0.3, -0.25) is 0 Å². The summed E-state index contributed by atoms with van der Waals surface area (Å²) in [6, 6.07) is 52.4. The molecule has 0 saturated heterocycles. The van der Waals surface area contributed by atoms with E-state index in [0.717, 1.165) is 17.1 Å². The number of fused-ring (bicyclic) bond motifs is 2. The Hall–Kier alpha value is -5.60. The van der Waals surface area contributed by atoms with Crippen LogP contribution in [0.3, 0.4) is 0 Å². The predicted molar refractivity (Wildman–Crippen MR) is 200 cm³/mol. The third kappa shape index (κ3) is 5.90. The van der Waals surface area contributed by atoms with Gasteiger partial charge in [0.15, 0.2) is 0 Å². The smallest absolute Gasteiger partial charge is 0.0607 e. The van der Waals surface area contributed by atoms with Gasteiger partial charge in [0.1, 0.15) is 0 Å².